The van der Waals surface area contributed by atoms with Crippen molar-refractivity contribution in [1.29, 1.82) is 0 Å². The van der Waals surface area contributed by atoms with Gasteiger partial charge in [-0.25, -0.2) is 0 Å². The number of ketones is 1. The molecular formula is C58H78N4O8. The largest absolute Gasteiger partial charge is 0.504 e. The predicted octanol–water partition coefficient (Wildman–Crippen LogP) is 8.87. The number of carbonyl (C=O) groups is 1. The maximum atomic E-state index is 15.7. The molecular weight excluding hydrogens is 881 g/mol. The summed E-state index contributed by atoms with van der Waals surface area (Å²) in [5.74, 6) is 11.5. The predicted molar refractivity (Wildman–Crippen MR) is 272 cm³/mol. The third-order valence-electron chi connectivity index (χ3n) is 18.7. The molecule has 5 aliphatic carbocycles. The van der Waals surface area contributed by atoms with Crippen LogP contribution in [0.25, 0.3) is 0 Å². The van der Waals surface area contributed by atoms with E-state index in [1.807, 2.05) is 25.3 Å². The third kappa shape index (κ3) is 9.55. The fourth-order valence-corrected chi connectivity index (χ4v) is 15.6. The molecule has 0 unspecified atom stereocenters. The van der Waals surface area contributed by atoms with Gasteiger partial charge in [-0.1, -0.05) is 56.6 Å². The number of phenolic OH excluding ortho intramolecular Hbond substituents is 1. The highest BCUT2D eigenvalue weighted by Crippen LogP contribution is 2.67. The maximum Gasteiger partial charge on any atom is 0.207 e. The lowest BCUT2D eigenvalue weighted by Gasteiger charge is -2.59. The van der Waals surface area contributed by atoms with Crippen LogP contribution in [-0.4, -0.2) is 80.4 Å². The number of rotatable bonds is 12. The molecule has 7 aliphatic rings. The topological polar surface area (TPSA) is 163 Å². The van der Waals surface area contributed by atoms with Crippen molar-refractivity contribution in [2.45, 2.75) is 140 Å². The van der Waals surface area contributed by atoms with E-state index in [-0.39, 0.29) is 47.2 Å². The quantitative estimate of drug-likeness (QED) is 0.0891. The summed E-state index contributed by atoms with van der Waals surface area (Å²) in [5, 5.41) is 42.2. The van der Waals surface area contributed by atoms with E-state index in [0.29, 0.717) is 97.1 Å². The number of nitrogens with zero attached hydrogens (tertiary/aromatic N) is 1. The van der Waals surface area contributed by atoms with Crippen LogP contribution in [0.2, 0.25) is 0 Å². The number of nitrogens with one attached hydrogen (secondary N) is 3. The van der Waals surface area contributed by atoms with Crippen LogP contribution in [0.15, 0.2) is 47.5 Å². The lowest BCUT2D eigenvalue weighted by Crippen LogP contribution is -2.55. The van der Waals surface area contributed by atoms with Crippen molar-refractivity contribution in [2.75, 3.05) is 46.8 Å². The molecule has 13 atom stereocenters. The average molecular weight is 959 g/mol. The number of guanidine groups is 1. The number of benzene rings is 2. The van der Waals surface area contributed by atoms with Gasteiger partial charge in [0.15, 0.2) is 29.3 Å². The van der Waals surface area contributed by atoms with Gasteiger partial charge in [-0.05, 0) is 172 Å². The summed E-state index contributed by atoms with van der Waals surface area (Å²) >= 11 is 0. The Hall–Kier alpha value is -4.72. The number of carbonyl (C=O) groups excluding carboxylic acids is 1. The summed E-state index contributed by atoms with van der Waals surface area (Å²) in [6.45, 7) is 3.10. The Balaban J connectivity index is 1.25. The molecule has 2 aromatic rings. The summed E-state index contributed by atoms with van der Waals surface area (Å²) in [6, 6.07) is 13.2. The number of aliphatic hydroxyl groups excluding tert-OH is 2. The Kier molecular flexibility index (Phi) is 15.5. The van der Waals surface area contributed by atoms with E-state index in [4.69, 9.17) is 18.9 Å². The lowest BCUT2D eigenvalue weighted by atomic mass is 9.45. The summed E-state index contributed by atoms with van der Waals surface area (Å²) in [5.41, 5.74) is 1.12. The molecule has 12 heteroatoms. The minimum Gasteiger partial charge on any atom is -0.504 e. The van der Waals surface area contributed by atoms with Crippen LogP contribution in [0.5, 0.6) is 23.0 Å². The SMILES string of the molecule is CC[C@@H]1CC[C@@H]2[C@@H](CCCO)[C@H]3CCC[C@]34c3cc(c5c(c3)O[C@@]3(CNC)C[C@@H](C[C@H](O)OC)[C@@H](CC#CO5)C3)NC(=NC)NC#CC[C@@H]3CCC[C@@]3(Cc3ccc(O)c(OC)c3)C(=O)/C=C/[C@@H]4[C@H]2C1. The lowest BCUT2D eigenvalue weighted by molar-refractivity contribution is -0.125. The number of ether oxygens (including phenoxy) is 4. The van der Waals surface area contributed by atoms with E-state index in [0.717, 1.165) is 81.8 Å². The first-order valence-electron chi connectivity index (χ1n) is 26.6. The second-order valence-corrected chi connectivity index (χ2v) is 22.1. The van der Waals surface area contributed by atoms with E-state index in [1.165, 1.54) is 12.8 Å². The molecule has 1 spiro atoms. The smallest absolute Gasteiger partial charge is 0.207 e. The van der Waals surface area contributed by atoms with Crippen LogP contribution in [-0.2, 0) is 21.4 Å². The second-order valence-electron chi connectivity index (χ2n) is 22.1. The number of methoxy groups -OCH3 is 2. The summed E-state index contributed by atoms with van der Waals surface area (Å²) < 4.78 is 25.1. The van der Waals surface area contributed by atoms with Crippen molar-refractivity contribution in [1.82, 2.24) is 10.6 Å². The van der Waals surface area contributed by atoms with Crippen LogP contribution < -0.4 is 30.2 Å². The number of anilines is 1. The van der Waals surface area contributed by atoms with Crippen molar-refractivity contribution in [3.63, 3.8) is 0 Å². The van der Waals surface area contributed by atoms with E-state index >= 15 is 4.79 Å². The van der Waals surface area contributed by atoms with Crippen molar-refractivity contribution < 1.29 is 39.1 Å². The Morgan fingerprint density at radius 3 is 2.69 bits per heavy atom. The summed E-state index contributed by atoms with van der Waals surface area (Å²) in [7, 11) is 6.82. The average Bonchev–Trinajstić information content (AvgIpc) is 4.08. The molecule has 70 heavy (non-hydrogen) atoms. The van der Waals surface area contributed by atoms with Gasteiger partial charge in [-0.2, -0.15) is 0 Å². The molecule has 12 nitrogen and oxygen atoms in total. The molecule has 5 fully saturated rings. The summed E-state index contributed by atoms with van der Waals surface area (Å²) in [6.07, 6.45) is 22.2. The van der Waals surface area contributed by atoms with Crippen LogP contribution in [0.3, 0.4) is 0 Å². The van der Waals surface area contributed by atoms with Gasteiger partial charge in [-0.15, -0.1) is 0 Å². The van der Waals surface area contributed by atoms with Gasteiger partial charge in [0.2, 0.25) is 11.7 Å². The van der Waals surface area contributed by atoms with Crippen LogP contribution in [0.4, 0.5) is 5.69 Å². The molecule has 0 saturated heterocycles. The highest BCUT2D eigenvalue weighted by Gasteiger charge is 2.61. The second kappa shape index (κ2) is 21.6. The van der Waals surface area contributed by atoms with Gasteiger partial charge >= 0.3 is 0 Å². The molecule has 0 amide bonds. The molecule has 2 aromatic carbocycles. The highest BCUT2D eigenvalue weighted by molar-refractivity contribution is 5.97. The molecule has 2 aliphatic heterocycles. The standard InChI is InChI=1S/C58H78N4O8/c1-6-37-17-19-43-44(15-10-26-63)46-16-8-24-58(46)42-31-48(54-51(32-42)70-56(36-59-2)34-39(12-11-27-69-54)40(35-56)30-53(66)68-5)62-55(60-3)61-25-9-14-41-13-7-23-57(41,52(65)22-20-47(58)45(43)28-37)33-38-18-21-49(64)50(29-38)67-4/h18,20-22,29,31-32,37,39-41,43-47,53,59,63-64,66H,6-8,10,12-17,19,23-24,26,28,30,33-36H2,1-5H3,(H2,60,61,62)/b22-20+/t37-,39+,40-,41+,43-,44-,45+,46-,47-,53-,56-,57+,58+/m1/s1. The monoisotopic (exact) mass is 959 g/mol. The van der Waals surface area contributed by atoms with Crippen molar-refractivity contribution >= 4 is 17.4 Å². The highest BCUT2D eigenvalue weighted by atomic mass is 16.6. The number of hydrogen-bond donors (Lipinski definition) is 6. The Morgan fingerprint density at radius 1 is 1.04 bits per heavy atom. The Morgan fingerprint density at radius 2 is 1.90 bits per heavy atom. The number of aromatic hydroxyl groups is 1. The normalized spacial score (nSPS) is 35.8. The van der Waals surface area contributed by atoms with Gasteiger partial charge in [-0.3, -0.25) is 15.1 Å². The van der Waals surface area contributed by atoms with Crippen molar-refractivity contribution in [3.8, 4) is 47.0 Å². The number of allylic oxidation sites excluding steroid dienone is 2. The molecule has 6 N–H and O–H groups in total. The number of aliphatic imine (C=N–C) groups is 1. The van der Waals surface area contributed by atoms with Gasteiger partial charge in [0.1, 0.15) is 11.7 Å². The minimum atomic E-state index is -0.883. The molecule has 0 aromatic heterocycles. The fraction of sp³-hybridized carbons (Fsp3) is 0.655. The number of aliphatic hydroxyl groups is 2. The molecule has 5 saturated carbocycles. The Bertz CT molecular complexity index is 2400. The van der Waals surface area contributed by atoms with Crippen molar-refractivity contribution in [3.05, 3.63) is 53.6 Å². The number of fused-ring (bicyclic) bond motifs is 9. The number of likely N-dealkylation sites (N-methyl/N-ethyl adjacent to an activating group) is 1. The first kappa shape index (κ1) is 50.2. The zero-order valence-electron chi connectivity index (χ0n) is 42.3. The first-order chi connectivity index (χ1) is 34.0. The Labute approximate surface area is 416 Å². The fourth-order valence-electron chi connectivity index (χ4n) is 15.6. The molecule has 0 radical (unpaired) electrons. The van der Waals surface area contributed by atoms with Crippen LogP contribution in [0.1, 0.15) is 127 Å². The molecule has 378 valence electrons. The van der Waals surface area contributed by atoms with Crippen molar-refractivity contribution in [2.24, 2.45) is 63.7 Å². The van der Waals surface area contributed by atoms with Gasteiger partial charge in [0.25, 0.3) is 0 Å². The van der Waals surface area contributed by atoms with Gasteiger partial charge in [0.05, 0.1) is 12.8 Å². The first-order valence-corrected chi connectivity index (χ1v) is 26.6. The summed E-state index contributed by atoms with van der Waals surface area (Å²) in [4.78, 5) is 20.4. The number of phenols is 1. The van der Waals surface area contributed by atoms with E-state index in [2.05, 4.69) is 70.1 Å². The molecule has 4 bridgehead atoms. The van der Waals surface area contributed by atoms with Gasteiger partial charge < -0.3 is 44.9 Å². The van der Waals surface area contributed by atoms with Crippen LogP contribution in [0, 0.1) is 82.7 Å². The minimum absolute atomic E-state index is 0.0120. The third-order valence-corrected chi connectivity index (χ3v) is 18.7. The van der Waals surface area contributed by atoms with Crippen LogP contribution >= 0.6 is 0 Å². The molecule has 2 heterocycles. The van der Waals surface area contributed by atoms with Gasteiger partial charge in [0, 0.05) is 63.4 Å². The van der Waals surface area contributed by atoms with E-state index in [1.54, 1.807) is 27.3 Å². The zero-order valence-corrected chi connectivity index (χ0v) is 42.3. The molecule has 9 rings (SSSR count). The van der Waals surface area contributed by atoms with E-state index in [9.17, 15) is 15.3 Å². The van der Waals surface area contributed by atoms with E-state index < -0.39 is 17.3 Å². The number of hydrogen-bond acceptors (Lipinski definition) is 10. The zero-order chi connectivity index (χ0) is 49.0. The maximum absolute atomic E-state index is 15.7.